The Balaban J connectivity index is 1.42. The summed E-state index contributed by atoms with van der Waals surface area (Å²) < 4.78 is 6.81. The van der Waals surface area contributed by atoms with E-state index in [2.05, 4.69) is 15.4 Å². The standard InChI is InChI=1S/C20H17ClN4O3/c21-15-6-7-17(25-13-22-12-23-25)16(10-15)24-18(26)11-28-19(27)20(8-9-20)14-4-2-1-3-5-14/h1-7,10,12-13H,8-9,11H2,(H,24,26). The average molecular weight is 397 g/mol. The van der Waals surface area contributed by atoms with Gasteiger partial charge in [0.1, 0.15) is 12.7 Å². The van der Waals surface area contributed by atoms with E-state index in [9.17, 15) is 9.59 Å². The Morgan fingerprint density at radius 2 is 1.96 bits per heavy atom. The number of hydrogen-bond acceptors (Lipinski definition) is 5. The third-order valence-electron chi connectivity index (χ3n) is 4.70. The molecule has 1 saturated carbocycles. The van der Waals surface area contributed by atoms with Gasteiger partial charge >= 0.3 is 5.97 Å². The average Bonchev–Trinajstić information content (AvgIpc) is 3.35. The Kier molecular flexibility index (Phi) is 4.83. The van der Waals surface area contributed by atoms with Crippen molar-refractivity contribution in [2.75, 3.05) is 11.9 Å². The van der Waals surface area contributed by atoms with Gasteiger partial charge in [0.2, 0.25) is 0 Å². The molecule has 0 bridgehead atoms. The van der Waals surface area contributed by atoms with E-state index in [0.717, 1.165) is 18.4 Å². The van der Waals surface area contributed by atoms with Crippen LogP contribution in [0.5, 0.6) is 0 Å². The molecular weight excluding hydrogens is 380 g/mol. The number of aromatic nitrogens is 3. The zero-order chi connectivity index (χ0) is 19.6. The van der Waals surface area contributed by atoms with Crippen molar-refractivity contribution >= 4 is 29.2 Å². The maximum atomic E-state index is 12.5. The van der Waals surface area contributed by atoms with E-state index in [1.165, 1.54) is 17.3 Å². The summed E-state index contributed by atoms with van der Waals surface area (Å²) in [6, 6.07) is 14.5. The molecule has 0 radical (unpaired) electrons. The van der Waals surface area contributed by atoms with E-state index in [1.54, 1.807) is 18.2 Å². The molecule has 0 atom stereocenters. The van der Waals surface area contributed by atoms with E-state index in [0.29, 0.717) is 16.4 Å². The van der Waals surface area contributed by atoms with Crippen molar-refractivity contribution in [1.82, 2.24) is 14.8 Å². The minimum atomic E-state index is -0.622. The number of halogens is 1. The summed E-state index contributed by atoms with van der Waals surface area (Å²) in [6.07, 6.45) is 4.35. The zero-order valence-corrected chi connectivity index (χ0v) is 15.6. The number of nitrogens with one attached hydrogen (secondary N) is 1. The summed E-state index contributed by atoms with van der Waals surface area (Å²) >= 11 is 6.04. The molecule has 2 aromatic carbocycles. The quantitative estimate of drug-likeness (QED) is 0.647. The van der Waals surface area contributed by atoms with E-state index in [1.807, 2.05) is 30.3 Å². The number of amides is 1. The number of nitrogens with zero attached hydrogens (tertiary/aromatic N) is 3. The van der Waals surface area contributed by atoms with E-state index in [4.69, 9.17) is 16.3 Å². The molecule has 1 fully saturated rings. The molecule has 1 aromatic heterocycles. The highest BCUT2D eigenvalue weighted by Gasteiger charge is 2.52. The maximum absolute atomic E-state index is 12.5. The lowest BCUT2D eigenvalue weighted by molar-refractivity contribution is -0.150. The van der Waals surface area contributed by atoms with Crippen LogP contribution in [0.3, 0.4) is 0 Å². The second-order valence-electron chi connectivity index (χ2n) is 6.57. The van der Waals surface area contributed by atoms with Crippen LogP contribution in [-0.2, 0) is 19.7 Å². The van der Waals surface area contributed by atoms with Crippen molar-refractivity contribution in [3.63, 3.8) is 0 Å². The minimum Gasteiger partial charge on any atom is -0.455 e. The summed E-state index contributed by atoms with van der Waals surface area (Å²) in [5, 5.41) is 7.23. The highest BCUT2D eigenvalue weighted by molar-refractivity contribution is 6.31. The normalized spacial score (nSPS) is 14.3. The van der Waals surface area contributed by atoms with Crippen LogP contribution in [0.4, 0.5) is 5.69 Å². The SMILES string of the molecule is O=C(COC(=O)C1(c2ccccc2)CC1)Nc1cc(Cl)ccc1-n1cncn1. The highest BCUT2D eigenvalue weighted by Crippen LogP contribution is 2.49. The Morgan fingerprint density at radius 3 is 2.64 bits per heavy atom. The van der Waals surface area contributed by atoms with Crippen LogP contribution in [0.25, 0.3) is 5.69 Å². The van der Waals surface area contributed by atoms with Crippen molar-refractivity contribution in [2.45, 2.75) is 18.3 Å². The molecule has 8 heteroatoms. The number of hydrogen-bond donors (Lipinski definition) is 1. The lowest BCUT2D eigenvalue weighted by Gasteiger charge is -2.15. The molecule has 1 aliphatic rings. The van der Waals surface area contributed by atoms with Gasteiger partial charge in [-0.2, -0.15) is 5.10 Å². The number of ether oxygens (including phenoxy) is 1. The van der Waals surface area contributed by atoms with Crippen molar-refractivity contribution in [3.8, 4) is 5.69 Å². The van der Waals surface area contributed by atoms with Crippen molar-refractivity contribution in [1.29, 1.82) is 0 Å². The molecule has 1 aliphatic carbocycles. The number of rotatable bonds is 6. The Hall–Kier alpha value is -3.19. The van der Waals surface area contributed by atoms with Crippen molar-refractivity contribution in [3.05, 3.63) is 71.8 Å². The lowest BCUT2D eigenvalue weighted by Crippen LogP contribution is -2.28. The number of carbonyl (C=O) groups excluding carboxylic acids is 2. The smallest absolute Gasteiger partial charge is 0.317 e. The second-order valence-corrected chi connectivity index (χ2v) is 7.01. The van der Waals surface area contributed by atoms with Crippen LogP contribution in [0.15, 0.2) is 61.2 Å². The highest BCUT2D eigenvalue weighted by atomic mass is 35.5. The summed E-state index contributed by atoms with van der Waals surface area (Å²) in [7, 11) is 0. The van der Waals surface area contributed by atoms with Gasteiger partial charge in [-0.15, -0.1) is 0 Å². The molecule has 1 amide bonds. The van der Waals surface area contributed by atoms with Crippen molar-refractivity contribution in [2.24, 2.45) is 0 Å². The van der Waals surface area contributed by atoms with Crippen LogP contribution in [0.2, 0.25) is 5.02 Å². The Morgan fingerprint density at radius 1 is 1.18 bits per heavy atom. The number of esters is 1. The molecule has 142 valence electrons. The topological polar surface area (TPSA) is 86.1 Å². The van der Waals surface area contributed by atoms with Gasteiger partial charge in [-0.05, 0) is 36.6 Å². The van der Waals surface area contributed by atoms with Gasteiger partial charge in [0.05, 0.1) is 16.8 Å². The summed E-state index contributed by atoms with van der Waals surface area (Å²) in [6.45, 7) is -0.378. The predicted octanol–water partition coefficient (Wildman–Crippen LogP) is 3.13. The van der Waals surface area contributed by atoms with E-state index < -0.39 is 11.3 Å². The fraction of sp³-hybridized carbons (Fsp3) is 0.200. The monoisotopic (exact) mass is 396 g/mol. The molecule has 0 aliphatic heterocycles. The number of benzene rings is 2. The summed E-state index contributed by atoms with van der Waals surface area (Å²) in [4.78, 5) is 28.8. The third kappa shape index (κ3) is 3.61. The Labute approximate surface area is 166 Å². The maximum Gasteiger partial charge on any atom is 0.317 e. The molecule has 4 rings (SSSR count). The molecular formula is C20H17ClN4O3. The molecule has 0 unspecified atom stereocenters. The zero-order valence-electron chi connectivity index (χ0n) is 14.8. The van der Waals surface area contributed by atoms with Crippen molar-refractivity contribution < 1.29 is 14.3 Å². The van der Waals surface area contributed by atoms with Crippen LogP contribution in [-0.4, -0.2) is 33.2 Å². The fourth-order valence-electron chi connectivity index (χ4n) is 3.09. The van der Waals surface area contributed by atoms with Gasteiger partial charge in [-0.25, -0.2) is 9.67 Å². The van der Waals surface area contributed by atoms with Gasteiger partial charge in [0.25, 0.3) is 5.91 Å². The lowest BCUT2D eigenvalue weighted by atomic mass is 9.96. The van der Waals surface area contributed by atoms with Gasteiger partial charge < -0.3 is 10.1 Å². The molecule has 1 heterocycles. The Bertz CT molecular complexity index is 1000. The second kappa shape index (κ2) is 7.44. The summed E-state index contributed by atoms with van der Waals surface area (Å²) in [5.41, 5.74) is 1.35. The molecule has 0 spiro atoms. The third-order valence-corrected chi connectivity index (χ3v) is 4.93. The first-order chi connectivity index (χ1) is 13.6. The van der Waals surface area contributed by atoms with Crippen LogP contribution in [0, 0.1) is 0 Å². The molecule has 7 nitrogen and oxygen atoms in total. The van der Waals surface area contributed by atoms with Gasteiger partial charge in [-0.1, -0.05) is 41.9 Å². The first-order valence-corrected chi connectivity index (χ1v) is 9.13. The largest absolute Gasteiger partial charge is 0.455 e. The summed E-state index contributed by atoms with van der Waals surface area (Å²) in [5.74, 6) is -0.836. The predicted molar refractivity (Wildman–Crippen MR) is 103 cm³/mol. The number of anilines is 1. The van der Waals surface area contributed by atoms with Gasteiger partial charge in [0, 0.05) is 5.02 Å². The van der Waals surface area contributed by atoms with E-state index in [-0.39, 0.29) is 12.6 Å². The molecule has 0 saturated heterocycles. The molecule has 28 heavy (non-hydrogen) atoms. The molecule has 3 aromatic rings. The van der Waals surface area contributed by atoms with Crippen LogP contribution >= 0.6 is 11.6 Å². The minimum absolute atomic E-state index is 0.378. The van der Waals surface area contributed by atoms with Crippen LogP contribution in [0.1, 0.15) is 18.4 Å². The van der Waals surface area contributed by atoms with Gasteiger partial charge in [-0.3, -0.25) is 9.59 Å². The van der Waals surface area contributed by atoms with E-state index >= 15 is 0 Å². The van der Waals surface area contributed by atoms with Crippen LogP contribution < -0.4 is 5.32 Å². The first-order valence-electron chi connectivity index (χ1n) is 8.76. The fourth-order valence-corrected chi connectivity index (χ4v) is 3.26. The van der Waals surface area contributed by atoms with Gasteiger partial charge in [0.15, 0.2) is 6.61 Å². The number of carbonyl (C=O) groups is 2. The first kappa shape index (κ1) is 18.2. The molecule has 1 N–H and O–H groups in total.